The number of benzene rings is 3. The van der Waals surface area contributed by atoms with Crippen LogP contribution in [-0.4, -0.2) is 39.8 Å². The summed E-state index contributed by atoms with van der Waals surface area (Å²) in [5.74, 6) is 0.285. The minimum absolute atomic E-state index is 0.244. The maximum atomic E-state index is 12.6. The molecule has 1 atom stereocenters. The summed E-state index contributed by atoms with van der Waals surface area (Å²) in [6, 6.07) is 19.1. The van der Waals surface area contributed by atoms with Gasteiger partial charge >= 0.3 is 0 Å². The third-order valence-electron chi connectivity index (χ3n) is 4.56. The summed E-state index contributed by atoms with van der Waals surface area (Å²) in [6.07, 6.45) is 1.06. The molecule has 0 radical (unpaired) electrons. The Morgan fingerprint density at radius 3 is 2.40 bits per heavy atom. The zero-order valence-corrected chi connectivity index (χ0v) is 18.3. The predicted molar refractivity (Wildman–Crippen MR) is 121 cm³/mol. The number of anilines is 1. The summed E-state index contributed by atoms with van der Waals surface area (Å²) in [5, 5.41) is 5.40. The SMILES string of the molecule is C[C@H](C(=O)NCCOc1ccc2ccccc2c1)N(c1ccc(Cl)cc1)S(C)(=O)=O. The van der Waals surface area contributed by atoms with Crippen molar-refractivity contribution in [2.45, 2.75) is 13.0 Å². The predicted octanol–water partition coefficient (Wildman–Crippen LogP) is 3.84. The molecular formula is C22H23ClN2O4S. The van der Waals surface area contributed by atoms with Gasteiger partial charge in [-0.25, -0.2) is 8.42 Å². The molecule has 3 rings (SSSR count). The Bertz CT molecular complexity index is 1130. The van der Waals surface area contributed by atoms with E-state index in [9.17, 15) is 13.2 Å². The van der Waals surface area contributed by atoms with Gasteiger partial charge in [-0.15, -0.1) is 0 Å². The third-order valence-corrected chi connectivity index (χ3v) is 6.05. The van der Waals surface area contributed by atoms with Crippen LogP contribution in [0, 0.1) is 0 Å². The summed E-state index contributed by atoms with van der Waals surface area (Å²) >= 11 is 5.88. The molecule has 0 saturated heterocycles. The molecule has 8 heteroatoms. The average molecular weight is 447 g/mol. The molecule has 0 aromatic heterocycles. The highest BCUT2D eigenvalue weighted by molar-refractivity contribution is 7.92. The molecule has 6 nitrogen and oxygen atoms in total. The first-order valence-corrected chi connectivity index (χ1v) is 11.6. The monoisotopic (exact) mass is 446 g/mol. The molecule has 0 unspecified atom stereocenters. The second kappa shape index (κ2) is 9.36. The van der Waals surface area contributed by atoms with Crippen molar-refractivity contribution in [2.24, 2.45) is 0 Å². The maximum absolute atomic E-state index is 12.6. The van der Waals surface area contributed by atoms with Gasteiger partial charge in [0.15, 0.2) is 0 Å². The van der Waals surface area contributed by atoms with Gasteiger partial charge in [-0.1, -0.05) is 41.9 Å². The van der Waals surface area contributed by atoms with Gasteiger partial charge in [-0.3, -0.25) is 9.10 Å². The Balaban J connectivity index is 1.58. The lowest BCUT2D eigenvalue weighted by atomic mass is 10.1. The molecule has 0 heterocycles. The number of hydrogen-bond donors (Lipinski definition) is 1. The Hall–Kier alpha value is -2.77. The van der Waals surface area contributed by atoms with Crippen molar-refractivity contribution in [3.05, 3.63) is 71.8 Å². The number of carbonyl (C=O) groups excluding carboxylic acids is 1. The minimum Gasteiger partial charge on any atom is -0.492 e. The number of hydrogen-bond acceptors (Lipinski definition) is 4. The number of nitrogens with zero attached hydrogens (tertiary/aromatic N) is 1. The number of carbonyl (C=O) groups is 1. The highest BCUT2D eigenvalue weighted by Gasteiger charge is 2.28. The van der Waals surface area contributed by atoms with E-state index in [4.69, 9.17) is 16.3 Å². The largest absolute Gasteiger partial charge is 0.492 e. The number of rotatable bonds is 8. The van der Waals surface area contributed by atoms with Gasteiger partial charge in [0.2, 0.25) is 15.9 Å². The standard InChI is InChI=1S/C22H23ClN2O4S/c1-16(25(30(2,27)28)20-10-8-19(23)9-11-20)22(26)24-13-14-29-21-12-7-17-5-3-4-6-18(17)15-21/h3-12,15-16H,13-14H2,1-2H3,(H,24,26)/t16-/m1/s1. The molecule has 0 spiro atoms. The summed E-state index contributed by atoms with van der Waals surface area (Å²) in [6.45, 7) is 2.04. The van der Waals surface area contributed by atoms with Crippen LogP contribution >= 0.6 is 11.6 Å². The van der Waals surface area contributed by atoms with Crippen LogP contribution in [0.3, 0.4) is 0 Å². The zero-order valence-electron chi connectivity index (χ0n) is 16.7. The molecule has 3 aromatic carbocycles. The van der Waals surface area contributed by atoms with Gasteiger partial charge in [-0.05, 0) is 54.1 Å². The lowest BCUT2D eigenvalue weighted by Crippen LogP contribution is -2.48. The Labute approximate surface area is 181 Å². The average Bonchev–Trinajstić information content (AvgIpc) is 2.71. The van der Waals surface area contributed by atoms with Crippen LogP contribution < -0.4 is 14.4 Å². The molecule has 0 saturated carbocycles. The minimum atomic E-state index is -3.67. The first-order valence-electron chi connectivity index (χ1n) is 9.40. The molecule has 0 fully saturated rings. The number of nitrogens with one attached hydrogen (secondary N) is 1. The van der Waals surface area contributed by atoms with Crippen molar-refractivity contribution in [1.29, 1.82) is 0 Å². The van der Waals surface area contributed by atoms with E-state index in [-0.39, 0.29) is 13.2 Å². The number of amides is 1. The van der Waals surface area contributed by atoms with Crippen LogP contribution in [0.2, 0.25) is 5.02 Å². The van der Waals surface area contributed by atoms with Crippen LogP contribution in [-0.2, 0) is 14.8 Å². The van der Waals surface area contributed by atoms with Crippen molar-refractivity contribution in [3.63, 3.8) is 0 Å². The molecule has 158 valence electrons. The Kier molecular flexibility index (Phi) is 6.84. The van der Waals surface area contributed by atoms with E-state index in [0.717, 1.165) is 21.3 Å². The first-order chi connectivity index (χ1) is 14.3. The molecule has 0 aliphatic carbocycles. The Morgan fingerprint density at radius 2 is 1.73 bits per heavy atom. The molecule has 0 aliphatic rings. The van der Waals surface area contributed by atoms with E-state index in [1.165, 1.54) is 6.92 Å². The highest BCUT2D eigenvalue weighted by Crippen LogP contribution is 2.23. The van der Waals surface area contributed by atoms with Crippen molar-refractivity contribution < 1.29 is 17.9 Å². The number of fused-ring (bicyclic) bond motifs is 1. The van der Waals surface area contributed by atoms with Crippen molar-refractivity contribution in [2.75, 3.05) is 23.7 Å². The fourth-order valence-corrected chi connectivity index (χ4v) is 4.45. The summed E-state index contributed by atoms with van der Waals surface area (Å²) in [4.78, 5) is 12.6. The van der Waals surface area contributed by atoms with Gasteiger partial charge in [0, 0.05) is 5.02 Å². The van der Waals surface area contributed by atoms with Crippen LogP contribution in [0.15, 0.2) is 66.7 Å². The van der Waals surface area contributed by atoms with Crippen molar-refractivity contribution in [1.82, 2.24) is 5.32 Å². The molecule has 1 N–H and O–H groups in total. The topological polar surface area (TPSA) is 75.7 Å². The Morgan fingerprint density at radius 1 is 1.07 bits per heavy atom. The summed E-state index contributed by atoms with van der Waals surface area (Å²) < 4.78 is 31.3. The van der Waals surface area contributed by atoms with E-state index in [0.29, 0.717) is 16.5 Å². The van der Waals surface area contributed by atoms with Gasteiger partial charge in [-0.2, -0.15) is 0 Å². The highest BCUT2D eigenvalue weighted by atomic mass is 35.5. The fraction of sp³-hybridized carbons (Fsp3) is 0.227. The quantitative estimate of drug-likeness (QED) is 0.533. The van der Waals surface area contributed by atoms with E-state index in [1.807, 2.05) is 42.5 Å². The van der Waals surface area contributed by atoms with Crippen LogP contribution in [0.4, 0.5) is 5.69 Å². The lowest BCUT2D eigenvalue weighted by molar-refractivity contribution is -0.121. The van der Waals surface area contributed by atoms with Gasteiger partial charge in [0.1, 0.15) is 18.4 Å². The second-order valence-electron chi connectivity index (χ2n) is 6.86. The molecule has 30 heavy (non-hydrogen) atoms. The summed E-state index contributed by atoms with van der Waals surface area (Å²) in [5.41, 5.74) is 0.372. The number of sulfonamides is 1. The maximum Gasteiger partial charge on any atom is 0.243 e. The first kappa shape index (κ1) is 21.9. The van der Waals surface area contributed by atoms with E-state index < -0.39 is 22.0 Å². The molecule has 1 amide bonds. The number of ether oxygens (including phenoxy) is 1. The van der Waals surface area contributed by atoms with Crippen LogP contribution in [0.5, 0.6) is 5.75 Å². The molecule has 3 aromatic rings. The van der Waals surface area contributed by atoms with Crippen molar-refractivity contribution >= 4 is 44.0 Å². The van der Waals surface area contributed by atoms with Gasteiger partial charge < -0.3 is 10.1 Å². The fourth-order valence-electron chi connectivity index (χ4n) is 3.14. The lowest BCUT2D eigenvalue weighted by Gasteiger charge is -2.28. The normalized spacial score (nSPS) is 12.4. The van der Waals surface area contributed by atoms with Crippen LogP contribution in [0.1, 0.15) is 6.92 Å². The second-order valence-corrected chi connectivity index (χ2v) is 9.16. The molecular weight excluding hydrogens is 424 g/mol. The summed E-state index contributed by atoms with van der Waals surface area (Å²) in [7, 11) is -3.67. The molecule has 0 aliphatic heterocycles. The van der Waals surface area contributed by atoms with Gasteiger partial charge in [0.25, 0.3) is 0 Å². The van der Waals surface area contributed by atoms with Crippen LogP contribution in [0.25, 0.3) is 10.8 Å². The van der Waals surface area contributed by atoms with Crippen molar-refractivity contribution in [3.8, 4) is 5.75 Å². The van der Waals surface area contributed by atoms with E-state index in [1.54, 1.807) is 24.3 Å². The third kappa shape index (κ3) is 5.43. The van der Waals surface area contributed by atoms with E-state index in [2.05, 4.69) is 5.32 Å². The smallest absolute Gasteiger partial charge is 0.243 e. The van der Waals surface area contributed by atoms with E-state index >= 15 is 0 Å². The zero-order chi connectivity index (χ0) is 21.7. The van der Waals surface area contributed by atoms with Gasteiger partial charge in [0.05, 0.1) is 18.5 Å². The number of halogens is 1. The molecule has 0 bridgehead atoms.